The summed E-state index contributed by atoms with van der Waals surface area (Å²) in [5, 5.41) is 12.5. The Labute approximate surface area is 269 Å². The molecule has 5 aromatic heterocycles. The number of aromatic nitrogens is 7. The molecule has 6 aromatic rings. The van der Waals surface area contributed by atoms with Crippen LogP contribution in [-0.4, -0.2) is 65.5 Å². The average Bonchev–Trinajstić information content (AvgIpc) is 3.48. The number of benzene rings is 1. The molecular weight excluding hydrogens is 578 g/mol. The van der Waals surface area contributed by atoms with Crippen LogP contribution in [0.25, 0.3) is 39.6 Å². The molecule has 3 N–H and O–H groups in total. The molecule has 1 saturated heterocycles. The van der Waals surface area contributed by atoms with E-state index in [0.29, 0.717) is 45.6 Å². The zero-order valence-corrected chi connectivity index (χ0v) is 24.7. The van der Waals surface area contributed by atoms with Crippen LogP contribution in [0.5, 0.6) is 5.75 Å². The second-order valence-corrected chi connectivity index (χ2v) is 11.0. The number of fused-ring (bicyclic) bond motifs is 1. The van der Waals surface area contributed by atoms with Crippen LogP contribution in [0, 0.1) is 11.3 Å². The molecule has 0 saturated carbocycles. The van der Waals surface area contributed by atoms with Crippen molar-refractivity contribution >= 4 is 22.8 Å². The first-order valence-electron chi connectivity index (χ1n) is 16.3. The van der Waals surface area contributed by atoms with Gasteiger partial charge in [-0.1, -0.05) is 12.1 Å². The predicted octanol–water partition coefficient (Wildman–Crippen LogP) is 4.87. The molecule has 0 spiro atoms. The van der Waals surface area contributed by atoms with Gasteiger partial charge in [0, 0.05) is 43.8 Å². The minimum absolute atomic E-state index is 0.141. The molecule has 0 atom stereocenters. The maximum absolute atomic E-state index is 9.08. The largest absolute Gasteiger partial charge is 0.495 e. The van der Waals surface area contributed by atoms with Crippen molar-refractivity contribution in [2.45, 2.75) is 25.4 Å². The molecule has 1 aromatic carbocycles. The highest BCUT2D eigenvalue weighted by molar-refractivity contribution is 5.84. The van der Waals surface area contributed by atoms with Crippen molar-refractivity contribution in [1.29, 1.82) is 5.26 Å². The van der Waals surface area contributed by atoms with E-state index >= 15 is 0 Å². The van der Waals surface area contributed by atoms with Gasteiger partial charge in [0.05, 0.1) is 34.3 Å². The number of nitrogens with zero attached hydrogens (tertiary/aromatic N) is 9. The third-order valence-corrected chi connectivity index (χ3v) is 8.00. The molecule has 7 rings (SSSR count). The number of nitrogens with two attached hydrogens (primary N) is 1. The second-order valence-electron chi connectivity index (χ2n) is 11.0. The van der Waals surface area contributed by atoms with Crippen LogP contribution in [0.15, 0.2) is 85.3 Å². The van der Waals surface area contributed by atoms with E-state index in [2.05, 4.69) is 54.4 Å². The first-order valence-corrected chi connectivity index (χ1v) is 14.8. The predicted molar refractivity (Wildman–Crippen MR) is 175 cm³/mol. The van der Waals surface area contributed by atoms with E-state index in [1.54, 1.807) is 30.6 Å². The Kier molecular flexibility index (Phi) is 6.95. The van der Waals surface area contributed by atoms with Gasteiger partial charge in [0.15, 0.2) is 11.5 Å². The Balaban J connectivity index is 1.13. The normalized spacial score (nSPS) is 15.1. The van der Waals surface area contributed by atoms with E-state index in [0.717, 1.165) is 38.2 Å². The maximum atomic E-state index is 9.08. The van der Waals surface area contributed by atoms with Crippen molar-refractivity contribution in [2.75, 3.05) is 31.2 Å². The molecule has 12 nitrogen and oxygen atoms in total. The molecule has 0 amide bonds. The molecule has 228 valence electrons. The summed E-state index contributed by atoms with van der Waals surface area (Å²) in [5.74, 6) is 1.94. The lowest BCUT2D eigenvalue weighted by Gasteiger charge is -2.32. The summed E-state index contributed by atoms with van der Waals surface area (Å²) in [7, 11) is -2.56. The summed E-state index contributed by atoms with van der Waals surface area (Å²) < 4.78 is 28.9. The SMILES string of the molecule is [2H]C([2H])([2H])Oc1ccc(-c2ccc3nc(-c4cccnc4N)n(-c4ccc(CN5CCC(Nc6ccnc(C#N)n6)CC5)cc4)c3n2)nc1. The second kappa shape index (κ2) is 12.6. The standard InChI is InChI=1S/C34H31N11O/c1-46-25-8-9-27(39-20-25)28-10-11-29-34(41-28)45(33(42-29)26-3-2-15-38-32(26)36)24-6-4-22(5-7-24)21-44-17-13-23(14-18-44)40-30-12-16-37-31(19-35)43-30/h2-12,15-16,20,23H,13-14,17-18,21H2,1H3,(H2,36,38)(H,37,40,43)/i1D3. The molecule has 12 heteroatoms. The highest BCUT2D eigenvalue weighted by Crippen LogP contribution is 2.32. The number of hydrogen-bond donors (Lipinski definition) is 2. The summed E-state index contributed by atoms with van der Waals surface area (Å²) in [6.07, 6.45) is 6.52. The van der Waals surface area contributed by atoms with Gasteiger partial charge in [0.25, 0.3) is 0 Å². The third kappa shape index (κ3) is 5.91. The van der Waals surface area contributed by atoms with Crippen molar-refractivity contribution in [3.8, 4) is 40.3 Å². The Morgan fingerprint density at radius 3 is 2.57 bits per heavy atom. The number of rotatable bonds is 8. The van der Waals surface area contributed by atoms with Crippen molar-refractivity contribution in [2.24, 2.45) is 0 Å². The summed E-state index contributed by atoms with van der Waals surface area (Å²) in [6.45, 7) is 2.66. The lowest BCUT2D eigenvalue weighted by Crippen LogP contribution is -2.38. The molecule has 6 heterocycles. The van der Waals surface area contributed by atoms with E-state index in [1.165, 1.54) is 11.8 Å². The average molecular weight is 613 g/mol. The van der Waals surface area contributed by atoms with Crippen LogP contribution in [0.4, 0.5) is 11.6 Å². The Morgan fingerprint density at radius 1 is 0.957 bits per heavy atom. The smallest absolute Gasteiger partial charge is 0.234 e. The van der Waals surface area contributed by atoms with Gasteiger partial charge in [-0.05, 0) is 73.0 Å². The molecule has 1 fully saturated rings. The number of nitrogens with one attached hydrogen (secondary N) is 1. The molecule has 0 radical (unpaired) electrons. The third-order valence-electron chi connectivity index (χ3n) is 8.00. The zero-order valence-electron chi connectivity index (χ0n) is 27.7. The molecule has 0 aliphatic carbocycles. The van der Waals surface area contributed by atoms with Gasteiger partial charge in [0.1, 0.15) is 29.0 Å². The van der Waals surface area contributed by atoms with Gasteiger partial charge in [-0.15, -0.1) is 0 Å². The highest BCUT2D eigenvalue weighted by Gasteiger charge is 2.21. The van der Waals surface area contributed by atoms with Crippen LogP contribution >= 0.6 is 0 Å². The topological polar surface area (TPSA) is 157 Å². The number of imidazole rings is 1. The summed E-state index contributed by atoms with van der Waals surface area (Å²) in [6, 6.07) is 23.0. The molecular formula is C34H31N11O. The van der Waals surface area contributed by atoms with Crippen LogP contribution < -0.4 is 15.8 Å². The quantitative estimate of drug-likeness (QED) is 0.242. The monoisotopic (exact) mass is 612 g/mol. The van der Waals surface area contributed by atoms with E-state index < -0.39 is 7.04 Å². The number of nitrogen functional groups attached to an aromatic ring is 1. The van der Waals surface area contributed by atoms with E-state index in [1.807, 2.05) is 34.9 Å². The van der Waals surface area contributed by atoms with Crippen LogP contribution in [-0.2, 0) is 6.54 Å². The fourth-order valence-electron chi connectivity index (χ4n) is 5.67. The van der Waals surface area contributed by atoms with Crippen molar-refractivity contribution < 1.29 is 8.85 Å². The van der Waals surface area contributed by atoms with Gasteiger partial charge in [0.2, 0.25) is 5.82 Å². The number of piperidine rings is 1. The Hall–Kier alpha value is -5.93. The van der Waals surface area contributed by atoms with Gasteiger partial charge in [-0.2, -0.15) is 5.26 Å². The van der Waals surface area contributed by atoms with Crippen molar-refractivity contribution in [3.63, 3.8) is 0 Å². The zero-order chi connectivity index (χ0) is 34.0. The Bertz CT molecular complexity index is 2140. The lowest BCUT2D eigenvalue weighted by molar-refractivity contribution is 0.211. The van der Waals surface area contributed by atoms with Crippen LogP contribution in [0.3, 0.4) is 0 Å². The fraction of sp³-hybridized carbons (Fsp3) is 0.206. The summed E-state index contributed by atoms with van der Waals surface area (Å²) >= 11 is 0. The van der Waals surface area contributed by atoms with Crippen LogP contribution in [0.1, 0.15) is 28.3 Å². The number of pyridine rings is 3. The number of anilines is 2. The van der Waals surface area contributed by atoms with Gasteiger partial charge in [-0.25, -0.2) is 24.9 Å². The lowest BCUT2D eigenvalue weighted by atomic mass is 10.0. The van der Waals surface area contributed by atoms with E-state index in [4.69, 9.17) is 29.8 Å². The fourth-order valence-corrected chi connectivity index (χ4v) is 5.67. The maximum Gasteiger partial charge on any atom is 0.234 e. The number of nitriles is 1. The molecule has 0 bridgehead atoms. The van der Waals surface area contributed by atoms with E-state index in [-0.39, 0.29) is 17.6 Å². The molecule has 1 aliphatic heterocycles. The first-order chi connectivity index (χ1) is 23.7. The van der Waals surface area contributed by atoms with Gasteiger partial charge < -0.3 is 15.8 Å². The van der Waals surface area contributed by atoms with Crippen LogP contribution in [0.2, 0.25) is 0 Å². The highest BCUT2D eigenvalue weighted by atomic mass is 16.5. The minimum Gasteiger partial charge on any atom is -0.495 e. The van der Waals surface area contributed by atoms with E-state index in [9.17, 15) is 0 Å². The number of hydrogen-bond acceptors (Lipinski definition) is 11. The summed E-state index contributed by atoms with van der Waals surface area (Å²) in [4.78, 5) is 29.2. The number of ether oxygens (including phenoxy) is 1. The molecule has 46 heavy (non-hydrogen) atoms. The summed E-state index contributed by atoms with van der Waals surface area (Å²) in [5.41, 5.74) is 11.4. The van der Waals surface area contributed by atoms with Gasteiger partial charge in [-0.3, -0.25) is 14.5 Å². The van der Waals surface area contributed by atoms with Crippen molar-refractivity contribution in [3.05, 3.63) is 96.7 Å². The number of methoxy groups -OCH3 is 1. The van der Waals surface area contributed by atoms with Crippen molar-refractivity contribution in [1.82, 2.24) is 39.4 Å². The van der Waals surface area contributed by atoms with Gasteiger partial charge >= 0.3 is 0 Å². The first kappa shape index (κ1) is 25.4. The number of likely N-dealkylation sites (tertiary alicyclic amines) is 1. The molecule has 0 unspecified atom stereocenters. The Morgan fingerprint density at radius 2 is 1.80 bits per heavy atom. The molecule has 1 aliphatic rings. The minimum atomic E-state index is -2.56.